The van der Waals surface area contributed by atoms with E-state index >= 15 is 0 Å². The van der Waals surface area contributed by atoms with Crippen LogP contribution in [0, 0.1) is 11.8 Å². The molecule has 0 aromatic heterocycles. The summed E-state index contributed by atoms with van der Waals surface area (Å²) in [5.74, 6) is 2.70. The van der Waals surface area contributed by atoms with Crippen molar-refractivity contribution in [3.05, 3.63) is 24.0 Å². The first-order valence-electron chi connectivity index (χ1n) is 7.16. The normalized spacial score (nSPS) is 32.6. The molecule has 18 heavy (non-hydrogen) atoms. The van der Waals surface area contributed by atoms with Gasteiger partial charge in [0.25, 0.3) is 0 Å². The number of hydrogen-bond donors (Lipinski definition) is 1. The average Bonchev–Trinajstić information content (AvgIpc) is 2.79. The minimum Gasteiger partial charge on any atom is -0.493 e. The molecule has 0 aromatic carbocycles. The molecule has 3 rings (SSSR count). The van der Waals surface area contributed by atoms with E-state index in [9.17, 15) is 0 Å². The first-order chi connectivity index (χ1) is 8.86. The van der Waals surface area contributed by atoms with Crippen LogP contribution in [0.4, 0.5) is 0 Å². The van der Waals surface area contributed by atoms with Crippen LogP contribution in [-0.4, -0.2) is 24.5 Å². The van der Waals surface area contributed by atoms with Crippen LogP contribution in [-0.2, 0) is 4.74 Å². The number of hydrogen-bond acceptors (Lipinski definition) is 2. The van der Waals surface area contributed by atoms with Crippen molar-refractivity contribution in [2.75, 3.05) is 18.4 Å². The zero-order valence-corrected chi connectivity index (χ0v) is 12.8. The summed E-state index contributed by atoms with van der Waals surface area (Å²) < 4.78 is 5.92. The van der Waals surface area contributed by atoms with Crippen molar-refractivity contribution >= 4 is 15.9 Å². The first kappa shape index (κ1) is 14.1. The Morgan fingerprint density at radius 3 is 3.11 bits per heavy atom. The van der Waals surface area contributed by atoms with Crippen LogP contribution >= 0.6 is 15.9 Å². The molecule has 0 bridgehead atoms. The summed E-state index contributed by atoms with van der Waals surface area (Å²) in [5, 5.41) is 4.55. The highest BCUT2D eigenvalue weighted by Gasteiger charge is 2.42. The molecular weight excluding hydrogens is 290 g/mol. The van der Waals surface area contributed by atoms with E-state index in [2.05, 4.69) is 46.4 Å². The highest BCUT2D eigenvalue weighted by atomic mass is 79.9. The van der Waals surface area contributed by atoms with Crippen LogP contribution in [0.5, 0.6) is 0 Å². The summed E-state index contributed by atoms with van der Waals surface area (Å²) in [5.41, 5.74) is 0. The lowest BCUT2D eigenvalue weighted by Crippen LogP contribution is -2.39. The molecule has 3 unspecified atom stereocenters. The SMILES string of the molecule is C1=CCC2C(=C1)OC1CNCCC12.CCCCBr. The minimum atomic E-state index is 0.449. The summed E-state index contributed by atoms with van der Waals surface area (Å²) in [6.45, 7) is 4.39. The van der Waals surface area contributed by atoms with Gasteiger partial charge >= 0.3 is 0 Å². The third kappa shape index (κ3) is 3.39. The molecule has 3 aliphatic rings. The molecule has 1 aliphatic carbocycles. The van der Waals surface area contributed by atoms with Crippen LogP contribution in [0.25, 0.3) is 0 Å². The Morgan fingerprint density at radius 1 is 1.50 bits per heavy atom. The topological polar surface area (TPSA) is 21.3 Å². The number of ether oxygens (including phenoxy) is 1. The van der Waals surface area contributed by atoms with E-state index in [4.69, 9.17) is 4.74 Å². The molecule has 2 aliphatic heterocycles. The highest BCUT2D eigenvalue weighted by Crippen LogP contribution is 2.42. The fraction of sp³-hybridized carbons (Fsp3) is 0.733. The number of allylic oxidation sites excluding steroid dienone is 4. The monoisotopic (exact) mass is 313 g/mol. The van der Waals surface area contributed by atoms with Crippen molar-refractivity contribution in [1.82, 2.24) is 5.32 Å². The van der Waals surface area contributed by atoms with E-state index in [0.29, 0.717) is 12.0 Å². The second kappa shape index (κ2) is 7.34. The molecular formula is C15H24BrNO. The maximum absolute atomic E-state index is 5.92. The largest absolute Gasteiger partial charge is 0.493 e. The van der Waals surface area contributed by atoms with E-state index in [1.54, 1.807) is 0 Å². The van der Waals surface area contributed by atoms with Crippen molar-refractivity contribution in [2.45, 2.75) is 38.7 Å². The van der Waals surface area contributed by atoms with Crippen LogP contribution in [0.15, 0.2) is 24.0 Å². The van der Waals surface area contributed by atoms with Crippen LogP contribution in [0.2, 0.25) is 0 Å². The predicted octanol–water partition coefficient (Wildman–Crippen LogP) is 3.64. The third-order valence-corrected chi connectivity index (χ3v) is 4.48. The Bertz CT molecular complexity index is 312. The number of unbranched alkanes of at least 4 members (excludes halogenated alkanes) is 1. The maximum atomic E-state index is 5.92. The molecule has 3 heteroatoms. The van der Waals surface area contributed by atoms with Gasteiger partial charge in [-0.05, 0) is 31.9 Å². The average molecular weight is 314 g/mol. The minimum absolute atomic E-state index is 0.449. The second-order valence-corrected chi connectivity index (χ2v) is 5.99. The van der Waals surface area contributed by atoms with Crippen LogP contribution in [0.3, 0.4) is 0 Å². The number of nitrogens with one attached hydrogen (secondary N) is 1. The van der Waals surface area contributed by atoms with Gasteiger partial charge in [-0.3, -0.25) is 0 Å². The zero-order chi connectivity index (χ0) is 12.8. The Hall–Kier alpha value is -0.280. The Balaban J connectivity index is 0.000000209. The third-order valence-electron chi connectivity index (χ3n) is 3.92. The van der Waals surface area contributed by atoms with Gasteiger partial charge in [0.15, 0.2) is 0 Å². The van der Waals surface area contributed by atoms with Gasteiger partial charge in [0, 0.05) is 23.7 Å². The standard InChI is InChI=1S/C11H15NO.C4H9Br/c1-2-4-10-8(3-1)9-5-6-12-7-11(9)13-10;1-2-3-4-5/h1-2,4,8-9,11-12H,3,5-7H2;2-4H2,1H3. The van der Waals surface area contributed by atoms with Crippen molar-refractivity contribution < 1.29 is 4.74 Å². The predicted molar refractivity (Wildman–Crippen MR) is 79.9 cm³/mol. The molecule has 2 saturated heterocycles. The van der Waals surface area contributed by atoms with Crippen molar-refractivity contribution in [2.24, 2.45) is 11.8 Å². The Labute approximate surface area is 119 Å². The number of halogens is 1. The molecule has 102 valence electrons. The number of rotatable bonds is 2. The number of alkyl halides is 1. The fourth-order valence-electron chi connectivity index (χ4n) is 2.89. The van der Waals surface area contributed by atoms with Gasteiger partial charge in [-0.15, -0.1) is 0 Å². The van der Waals surface area contributed by atoms with Crippen molar-refractivity contribution in [3.8, 4) is 0 Å². The van der Waals surface area contributed by atoms with E-state index in [-0.39, 0.29) is 0 Å². The Morgan fingerprint density at radius 2 is 2.39 bits per heavy atom. The van der Waals surface area contributed by atoms with Gasteiger partial charge in [0.1, 0.15) is 11.9 Å². The summed E-state index contributed by atoms with van der Waals surface area (Å²) in [6.07, 6.45) is 12.0. The maximum Gasteiger partial charge on any atom is 0.114 e. The van der Waals surface area contributed by atoms with Crippen LogP contribution in [0.1, 0.15) is 32.6 Å². The zero-order valence-electron chi connectivity index (χ0n) is 11.2. The van der Waals surface area contributed by atoms with E-state index in [1.165, 1.54) is 31.4 Å². The molecule has 2 nitrogen and oxygen atoms in total. The molecule has 0 spiro atoms. The van der Waals surface area contributed by atoms with Gasteiger partial charge in [-0.1, -0.05) is 41.4 Å². The molecule has 0 saturated carbocycles. The summed E-state index contributed by atoms with van der Waals surface area (Å²) in [4.78, 5) is 0. The molecule has 2 fully saturated rings. The van der Waals surface area contributed by atoms with Crippen LogP contribution < -0.4 is 5.32 Å². The molecule has 0 radical (unpaired) electrons. The van der Waals surface area contributed by atoms with Gasteiger partial charge in [0.05, 0.1) is 0 Å². The highest BCUT2D eigenvalue weighted by molar-refractivity contribution is 9.09. The smallest absolute Gasteiger partial charge is 0.114 e. The quantitative estimate of drug-likeness (QED) is 0.786. The lowest BCUT2D eigenvalue weighted by Gasteiger charge is -2.26. The van der Waals surface area contributed by atoms with E-state index in [0.717, 1.165) is 24.3 Å². The second-order valence-electron chi connectivity index (χ2n) is 5.19. The van der Waals surface area contributed by atoms with Gasteiger partial charge in [-0.2, -0.15) is 0 Å². The molecule has 0 amide bonds. The molecule has 1 N–H and O–H groups in total. The van der Waals surface area contributed by atoms with E-state index in [1.807, 2.05) is 0 Å². The van der Waals surface area contributed by atoms with Crippen molar-refractivity contribution in [3.63, 3.8) is 0 Å². The van der Waals surface area contributed by atoms with Gasteiger partial charge < -0.3 is 10.1 Å². The lowest BCUT2D eigenvalue weighted by molar-refractivity contribution is 0.108. The fourth-order valence-corrected chi connectivity index (χ4v) is 3.45. The van der Waals surface area contributed by atoms with E-state index < -0.39 is 0 Å². The van der Waals surface area contributed by atoms with Gasteiger partial charge in [-0.25, -0.2) is 0 Å². The van der Waals surface area contributed by atoms with Crippen molar-refractivity contribution in [1.29, 1.82) is 0 Å². The molecule has 3 atom stereocenters. The molecule has 0 aromatic rings. The summed E-state index contributed by atoms with van der Waals surface area (Å²) in [7, 11) is 0. The number of fused-ring (bicyclic) bond motifs is 3. The number of piperidine rings is 1. The summed E-state index contributed by atoms with van der Waals surface area (Å²) in [6, 6.07) is 0. The lowest BCUT2D eigenvalue weighted by atomic mass is 9.81. The molecule has 2 heterocycles. The summed E-state index contributed by atoms with van der Waals surface area (Å²) >= 11 is 3.31. The first-order valence-corrected chi connectivity index (χ1v) is 8.29. The van der Waals surface area contributed by atoms with Gasteiger partial charge in [0.2, 0.25) is 0 Å². The Kier molecular flexibility index (Phi) is 5.77.